The molecule has 1 aliphatic heterocycles. The molecule has 0 aromatic carbocycles. The summed E-state index contributed by atoms with van der Waals surface area (Å²) in [6, 6.07) is 2.76. The van der Waals surface area contributed by atoms with Gasteiger partial charge in [-0.15, -0.1) is 0 Å². The molecule has 1 amide bonds. The molecule has 0 saturated carbocycles. The number of amidine groups is 1. The number of hydrogen-bond donors (Lipinski definition) is 1. The van der Waals surface area contributed by atoms with Crippen LogP contribution in [0.2, 0.25) is 0 Å². The van der Waals surface area contributed by atoms with Crippen molar-refractivity contribution in [3.05, 3.63) is 29.8 Å². The van der Waals surface area contributed by atoms with Crippen LogP contribution in [-0.4, -0.2) is 22.3 Å². The largest absolute Gasteiger partial charge is 0.307 e. The van der Waals surface area contributed by atoms with Gasteiger partial charge in [0.15, 0.2) is 5.84 Å². The zero-order valence-electron chi connectivity index (χ0n) is 8.41. The number of hydrogen-bond acceptors (Lipinski definition) is 3. The fourth-order valence-electron chi connectivity index (χ4n) is 1.26. The molecular formula is C10H10FN3O. The number of nitrogens with zero attached hydrogens (tertiary/aromatic N) is 2. The Balaban J connectivity index is 2.35. The molecule has 1 aromatic rings. The maximum absolute atomic E-state index is 12.6. The molecule has 1 aromatic heterocycles. The molecule has 0 atom stereocenters. The van der Waals surface area contributed by atoms with Crippen LogP contribution in [0.3, 0.4) is 0 Å². The monoisotopic (exact) mass is 207 g/mol. The molecule has 0 spiro atoms. The zero-order chi connectivity index (χ0) is 11.1. The Morgan fingerprint density at radius 1 is 1.40 bits per heavy atom. The highest BCUT2D eigenvalue weighted by atomic mass is 19.1. The molecule has 1 N–H and O–H groups in total. The van der Waals surface area contributed by atoms with E-state index in [9.17, 15) is 9.18 Å². The summed E-state index contributed by atoms with van der Waals surface area (Å²) in [5.41, 5.74) is -0.305. The Morgan fingerprint density at radius 2 is 2.13 bits per heavy atom. The highest BCUT2D eigenvalue weighted by molar-refractivity contribution is 6.14. The number of pyridine rings is 1. The average molecular weight is 207 g/mol. The van der Waals surface area contributed by atoms with E-state index in [-0.39, 0.29) is 5.91 Å². The van der Waals surface area contributed by atoms with Gasteiger partial charge < -0.3 is 5.32 Å². The summed E-state index contributed by atoms with van der Waals surface area (Å²) in [7, 11) is 0. The third kappa shape index (κ3) is 1.72. The minimum absolute atomic E-state index is 0.177. The minimum Gasteiger partial charge on any atom is -0.307 e. The SMILES string of the molecule is CC1(C)N=C(c2ccc(F)cn2)NC1=O. The fraction of sp³-hybridized carbons (Fsp3) is 0.300. The number of amides is 1. The first-order valence-electron chi connectivity index (χ1n) is 4.52. The topological polar surface area (TPSA) is 54.4 Å². The van der Waals surface area contributed by atoms with E-state index in [0.29, 0.717) is 11.5 Å². The van der Waals surface area contributed by atoms with Crippen LogP contribution in [0.4, 0.5) is 4.39 Å². The fourth-order valence-corrected chi connectivity index (χ4v) is 1.26. The Labute approximate surface area is 86.2 Å². The zero-order valence-corrected chi connectivity index (χ0v) is 8.41. The lowest BCUT2D eigenvalue weighted by Gasteiger charge is -2.07. The number of carbonyl (C=O) groups is 1. The first-order valence-corrected chi connectivity index (χ1v) is 4.52. The highest BCUT2D eigenvalue weighted by Gasteiger charge is 2.34. The van der Waals surface area contributed by atoms with Crippen LogP contribution in [0.15, 0.2) is 23.3 Å². The van der Waals surface area contributed by atoms with Crippen molar-refractivity contribution in [3.8, 4) is 0 Å². The number of nitrogens with one attached hydrogen (secondary N) is 1. The standard InChI is InChI=1S/C10H10FN3O/c1-10(2)9(15)13-8(14-10)7-4-3-6(11)5-12-7/h3-5H,1-2H3,(H,13,14,15). The van der Waals surface area contributed by atoms with Crippen molar-refractivity contribution in [2.45, 2.75) is 19.4 Å². The molecule has 0 saturated heterocycles. The molecule has 2 heterocycles. The van der Waals surface area contributed by atoms with Crippen molar-refractivity contribution in [1.29, 1.82) is 0 Å². The van der Waals surface area contributed by atoms with Crippen molar-refractivity contribution in [3.63, 3.8) is 0 Å². The lowest BCUT2D eigenvalue weighted by Crippen LogP contribution is -2.34. The second-order valence-electron chi connectivity index (χ2n) is 3.84. The number of carbonyl (C=O) groups excluding carboxylic acids is 1. The van der Waals surface area contributed by atoms with Gasteiger partial charge in [-0.05, 0) is 26.0 Å². The van der Waals surface area contributed by atoms with Crippen molar-refractivity contribution in [2.75, 3.05) is 0 Å². The van der Waals surface area contributed by atoms with Crippen molar-refractivity contribution >= 4 is 11.7 Å². The molecule has 0 bridgehead atoms. The number of halogens is 1. The minimum atomic E-state index is -0.772. The van der Waals surface area contributed by atoms with Gasteiger partial charge in [-0.3, -0.25) is 9.79 Å². The van der Waals surface area contributed by atoms with Gasteiger partial charge in [-0.25, -0.2) is 9.37 Å². The van der Waals surface area contributed by atoms with E-state index in [4.69, 9.17) is 0 Å². The van der Waals surface area contributed by atoms with Gasteiger partial charge in [-0.2, -0.15) is 0 Å². The summed E-state index contributed by atoms with van der Waals surface area (Å²) in [5, 5.41) is 2.61. The van der Waals surface area contributed by atoms with Crippen LogP contribution in [0, 0.1) is 5.82 Å². The molecule has 15 heavy (non-hydrogen) atoms. The third-order valence-electron chi connectivity index (χ3n) is 2.15. The van der Waals surface area contributed by atoms with E-state index < -0.39 is 11.4 Å². The molecule has 0 radical (unpaired) electrons. The van der Waals surface area contributed by atoms with E-state index >= 15 is 0 Å². The van der Waals surface area contributed by atoms with Gasteiger partial charge in [0.1, 0.15) is 17.1 Å². The predicted octanol–water partition coefficient (Wildman–Crippen LogP) is 0.876. The van der Waals surface area contributed by atoms with Gasteiger partial charge in [0.25, 0.3) is 5.91 Å². The molecule has 78 valence electrons. The molecular weight excluding hydrogens is 197 g/mol. The third-order valence-corrected chi connectivity index (χ3v) is 2.15. The predicted molar refractivity (Wildman–Crippen MR) is 53.0 cm³/mol. The quantitative estimate of drug-likeness (QED) is 0.743. The Hall–Kier alpha value is -1.78. The Bertz CT molecular complexity index is 436. The van der Waals surface area contributed by atoms with E-state index in [1.807, 2.05) is 0 Å². The van der Waals surface area contributed by atoms with E-state index in [2.05, 4.69) is 15.3 Å². The lowest BCUT2D eigenvalue weighted by atomic mass is 10.1. The first-order chi connectivity index (χ1) is 6.99. The van der Waals surface area contributed by atoms with E-state index in [1.54, 1.807) is 13.8 Å². The first kappa shape index (κ1) is 9.76. The Kier molecular flexibility index (Phi) is 2.03. The van der Waals surface area contributed by atoms with Crippen LogP contribution in [0.5, 0.6) is 0 Å². The number of aliphatic imine (C=N–C) groups is 1. The van der Waals surface area contributed by atoms with Gasteiger partial charge >= 0.3 is 0 Å². The van der Waals surface area contributed by atoms with Crippen LogP contribution in [0.25, 0.3) is 0 Å². The van der Waals surface area contributed by atoms with Gasteiger partial charge in [0.2, 0.25) is 0 Å². The van der Waals surface area contributed by atoms with Crippen LogP contribution >= 0.6 is 0 Å². The van der Waals surface area contributed by atoms with Crippen molar-refractivity contribution in [2.24, 2.45) is 4.99 Å². The van der Waals surface area contributed by atoms with Gasteiger partial charge in [0, 0.05) is 0 Å². The maximum atomic E-state index is 12.6. The van der Waals surface area contributed by atoms with Crippen LogP contribution in [0.1, 0.15) is 19.5 Å². The lowest BCUT2D eigenvalue weighted by molar-refractivity contribution is -0.122. The summed E-state index contributed by atoms with van der Waals surface area (Å²) in [6.45, 7) is 3.41. The molecule has 1 aliphatic rings. The normalized spacial score (nSPS) is 18.6. The second-order valence-corrected chi connectivity index (χ2v) is 3.84. The highest BCUT2D eigenvalue weighted by Crippen LogP contribution is 2.16. The maximum Gasteiger partial charge on any atom is 0.252 e. The molecule has 0 unspecified atom stereocenters. The number of rotatable bonds is 1. The van der Waals surface area contributed by atoms with Gasteiger partial charge in [-0.1, -0.05) is 0 Å². The summed E-state index contributed by atoms with van der Waals surface area (Å²) >= 11 is 0. The number of aromatic nitrogens is 1. The average Bonchev–Trinajstić information content (AvgIpc) is 2.42. The molecule has 0 aliphatic carbocycles. The summed E-state index contributed by atoms with van der Waals surface area (Å²) in [5.74, 6) is -0.198. The Morgan fingerprint density at radius 3 is 2.60 bits per heavy atom. The van der Waals surface area contributed by atoms with Crippen molar-refractivity contribution < 1.29 is 9.18 Å². The summed E-state index contributed by atoms with van der Waals surface area (Å²) < 4.78 is 12.6. The van der Waals surface area contributed by atoms with Crippen LogP contribution < -0.4 is 5.32 Å². The molecule has 0 fully saturated rings. The summed E-state index contributed by atoms with van der Waals surface area (Å²) in [6.07, 6.45) is 1.09. The van der Waals surface area contributed by atoms with Crippen molar-refractivity contribution in [1.82, 2.24) is 10.3 Å². The van der Waals surface area contributed by atoms with E-state index in [1.165, 1.54) is 12.1 Å². The van der Waals surface area contributed by atoms with Crippen LogP contribution in [-0.2, 0) is 4.79 Å². The van der Waals surface area contributed by atoms with E-state index in [0.717, 1.165) is 6.20 Å². The molecule has 4 nitrogen and oxygen atoms in total. The van der Waals surface area contributed by atoms with Gasteiger partial charge in [0.05, 0.1) is 6.20 Å². The molecule has 2 rings (SSSR count). The smallest absolute Gasteiger partial charge is 0.252 e. The summed E-state index contributed by atoms with van der Waals surface area (Å²) in [4.78, 5) is 19.4. The second kappa shape index (κ2) is 3.12. The molecule has 5 heteroatoms.